The fraction of sp³-hybridized carbons (Fsp3) is 0.400. The maximum atomic E-state index is 11.6. The summed E-state index contributed by atoms with van der Waals surface area (Å²) in [5, 5.41) is 16.2. The van der Waals surface area contributed by atoms with Crippen molar-refractivity contribution < 1.29 is 33.4 Å². The van der Waals surface area contributed by atoms with Crippen LogP contribution in [-0.4, -0.2) is 59.9 Å². The molecule has 68 heavy (non-hydrogen) atoms. The van der Waals surface area contributed by atoms with E-state index in [9.17, 15) is 9.90 Å². The zero-order chi connectivity index (χ0) is 47.9. The topological polar surface area (TPSA) is 80.5 Å². The Morgan fingerprint density at radius 2 is 1.51 bits per heavy atom. The first-order valence-corrected chi connectivity index (χ1v) is 24.8. The Morgan fingerprint density at radius 1 is 0.838 bits per heavy atom. The van der Waals surface area contributed by atoms with Gasteiger partial charge in [0.05, 0.1) is 23.7 Å². The van der Waals surface area contributed by atoms with E-state index in [-0.39, 0.29) is 35.1 Å². The first-order chi connectivity index (χ1) is 32.7. The van der Waals surface area contributed by atoms with Crippen LogP contribution in [0.15, 0.2) is 144 Å². The molecule has 0 amide bonds. The van der Waals surface area contributed by atoms with Crippen LogP contribution in [0, 0.1) is 0 Å². The third-order valence-corrected chi connectivity index (χ3v) is 15.0. The van der Waals surface area contributed by atoms with Gasteiger partial charge in [-0.2, -0.15) is 4.58 Å². The van der Waals surface area contributed by atoms with Gasteiger partial charge in [0.25, 0.3) is 0 Å². The molecule has 0 saturated carbocycles. The van der Waals surface area contributed by atoms with Gasteiger partial charge in [0.1, 0.15) is 24.7 Å². The number of benzene rings is 5. The highest BCUT2D eigenvalue weighted by molar-refractivity contribution is 6.07. The van der Waals surface area contributed by atoms with Crippen LogP contribution in [-0.2, 0) is 29.8 Å². The quantitative estimate of drug-likeness (QED) is 0.0931. The molecule has 9 rings (SSSR count). The number of carbonyl (C=O) groups is 1. The Morgan fingerprint density at radius 3 is 2.21 bits per heavy atom. The number of hydrogen-bond acceptors (Lipinski definition) is 7. The maximum absolute atomic E-state index is 11.6. The van der Waals surface area contributed by atoms with Crippen molar-refractivity contribution in [2.75, 3.05) is 19.0 Å². The van der Waals surface area contributed by atoms with Crippen LogP contribution in [0.1, 0.15) is 123 Å². The number of ether oxygens (including phenoxy) is 4. The van der Waals surface area contributed by atoms with Crippen molar-refractivity contribution in [2.45, 2.75) is 141 Å². The molecule has 0 spiro atoms. The fourth-order valence-electron chi connectivity index (χ4n) is 11.5. The van der Waals surface area contributed by atoms with Gasteiger partial charge in [-0.3, -0.25) is 4.79 Å². The highest BCUT2D eigenvalue weighted by atomic mass is 16.7. The zero-order valence-electron chi connectivity index (χ0n) is 41.5. The minimum Gasteiger partial charge on any atom is -0.462 e. The second-order valence-electron chi connectivity index (χ2n) is 20.3. The lowest BCUT2D eigenvalue weighted by atomic mass is 9.78. The highest BCUT2D eigenvalue weighted by Crippen LogP contribution is 2.50. The molecule has 5 unspecified atom stereocenters. The van der Waals surface area contributed by atoms with Gasteiger partial charge in [0, 0.05) is 66.9 Å². The molecule has 8 heteroatoms. The maximum Gasteiger partial charge on any atom is 0.302 e. The van der Waals surface area contributed by atoms with Gasteiger partial charge in [-0.05, 0) is 127 Å². The average molecular weight is 914 g/mol. The third-order valence-electron chi connectivity index (χ3n) is 15.0. The van der Waals surface area contributed by atoms with Gasteiger partial charge >= 0.3 is 5.97 Å². The van der Waals surface area contributed by atoms with E-state index in [1.54, 1.807) is 0 Å². The van der Waals surface area contributed by atoms with Crippen LogP contribution in [0.4, 0.5) is 11.4 Å². The van der Waals surface area contributed by atoms with E-state index < -0.39 is 12.4 Å². The third kappa shape index (κ3) is 9.11. The molecule has 5 aromatic rings. The molecule has 1 saturated heterocycles. The van der Waals surface area contributed by atoms with E-state index in [4.69, 9.17) is 18.9 Å². The molecule has 0 radical (unpaired) electrons. The van der Waals surface area contributed by atoms with Crippen molar-refractivity contribution in [3.8, 4) is 5.75 Å². The largest absolute Gasteiger partial charge is 0.462 e. The molecule has 3 heterocycles. The van der Waals surface area contributed by atoms with Crippen molar-refractivity contribution >= 4 is 44.6 Å². The van der Waals surface area contributed by atoms with Gasteiger partial charge in [-0.25, -0.2) is 0 Å². The fourth-order valence-corrected chi connectivity index (χ4v) is 11.5. The smallest absolute Gasteiger partial charge is 0.302 e. The first kappa shape index (κ1) is 47.3. The highest BCUT2D eigenvalue weighted by Gasteiger charge is 2.44. The summed E-state index contributed by atoms with van der Waals surface area (Å²) in [7, 11) is 4.38. The Kier molecular flexibility index (Phi) is 13.4. The summed E-state index contributed by atoms with van der Waals surface area (Å²) in [5.41, 5.74) is 10.5. The lowest BCUT2D eigenvalue weighted by Gasteiger charge is -2.36. The molecule has 1 fully saturated rings. The number of fused-ring (bicyclic) bond motifs is 6. The Balaban J connectivity index is 1.03. The van der Waals surface area contributed by atoms with Crippen LogP contribution in [0.5, 0.6) is 5.75 Å². The zero-order valence-corrected chi connectivity index (χ0v) is 41.5. The minimum absolute atomic E-state index is 0.00968. The molecular weight excluding hydrogens is 845 g/mol. The molecule has 1 N–H and O–H groups in total. The number of esters is 1. The predicted molar refractivity (Wildman–Crippen MR) is 275 cm³/mol. The SMILES string of the molecule is CCC(CC(O)CC1CC(CC)OC(c2ccc(OC3=C(/C=C/C4=[N+](C)c5ccc6ccccc6c5C4(C)C)CCC/C3=C\C=C3\N(C)c4ccc5ccccc5c4C3(C)C)cc2)O1)OC(C)=O. The number of hydrogen-bond donors (Lipinski definition) is 1. The Labute approximate surface area is 403 Å². The Bertz CT molecular complexity index is 2880. The lowest BCUT2D eigenvalue weighted by molar-refractivity contribution is -0.401. The minimum atomic E-state index is -0.662. The van der Waals surface area contributed by atoms with Crippen LogP contribution < -0.4 is 9.64 Å². The van der Waals surface area contributed by atoms with Crippen LogP contribution in [0.3, 0.4) is 0 Å². The Hall–Kier alpha value is -5.80. The summed E-state index contributed by atoms with van der Waals surface area (Å²) >= 11 is 0. The van der Waals surface area contributed by atoms with E-state index in [1.807, 2.05) is 31.2 Å². The normalized spacial score (nSPS) is 23.2. The van der Waals surface area contributed by atoms with Gasteiger partial charge < -0.3 is 29.0 Å². The van der Waals surface area contributed by atoms with E-state index >= 15 is 0 Å². The van der Waals surface area contributed by atoms with E-state index in [0.717, 1.165) is 42.8 Å². The molecule has 5 atom stereocenters. The van der Waals surface area contributed by atoms with Crippen molar-refractivity contribution in [1.29, 1.82) is 0 Å². The summed E-state index contributed by atoms with van der Waals surface area (Å²) in [6.45, 7) is 14.9. The van der Waals surface area contributed by atoms with Crippen molar-refractivity contribution in [3.05, 3.63) is 161 Å². The molecule has 8 nitrogen and oxygen atoms in total. The molecule has 1 aliphatic carbocycles. The summed E-state index contributed by atoms with van der Waals surface area (Å²) in [6.07, 6.45) is 13.3. The van der Waals surface area contributed by atoms with Crippen molar-refractivity contribution in [2.24, 2.45) is 0 Å². The monoisotopic (exact) mass is 914 g/mol. The molecule has 0 bridgehead atoms. The number of anilines is 1. The number of rotatable bonds is 13. The number of aliphatic hydroxyl groups excluding tert-OH is 1. The van der Waals surface area contributed by atoms with Gasteiger partial charge in [-0.15, -0.1) is 0 Å². The van der Waals surface area contributed by atoms with Crippen molar-refractivity contribution in [3.63, 3.8) is 0 Å². The molecular formula is C60H69N2O6+. The summed E-state index contributed by atoms with van der Waals surface area (Å²) in [4.78, 5) is 14.0. The average Bonchev–Trinajstić information content (AvgIpc) is 3.66. The van der Waals surface area contributed by atoms with Gasteiger partial charge in [0.15, 0.2) is 12.0 Å². The number of nitrogens with zero attached hydrogens (tertiary/aromatic N) is 2. The number of aliphatic hydroxyl groups is 1. The van der Waals surface area contributed by atoms with E-state index in [0.29, 0.717) is 25.7 Å². The predicted octanol–water partition coefficient (Wildman–Crippen LogP) is 13.4. The summed E-state index contributed by atoms with van der Waals surface area (Å²) in [5.74, 6) is 1.30. The standard InChI is InChI=1S/C60H69N2O6/c1-10-45(65-38(3)63)35-44(64)36-48-37-46(11-2)67-58(68-48)43-23-29-47(30-24-43)66-57-41(27-33-53-59(4,5)55-49-21-14-12-17-39(49)25-31-51(55)61(53)8)19-16-20-42(57)28-34-54-60(6,7)56-50-22-15-13-18-40(50)26-32-52(56)62(54)9/h12-15,17-18,21-34,44-46,48,58,64H,10-11,16,19-20,35-37H2,1-9H3/q+1. The molecule has 5 aromatic carbocycles. The number of carbonyl (C=O) groups excluding carboxylic acids is 1. The van der Waals surface area contributed by atoms with E-state index in [2.05, 4.69) is 155 Å². The number of allylic oxidation sites excluding steroid dienone is 7. The molecule has 0 aromatic heterocycles. The summed E-state index contributed by atoms with van der Waals surface area (Å²) in [6, 6.07) is 34.5. The second kappa shape index (κ2) is 19.3. The molecule has 4 aliphatic rings. The van der Waals surface area contributed by atoms with Gasteiger partial charge in [-0.1, -0.05) is 101 Å². The van der Waals surface area contributed by atoms with Crippen LogP contribution in [0.2, 0.25) is 0 Å². The van der Waals surface area contributed by atoms with Crippen molar-refractivity contribution in [1.82, 2.24) is 0 Å². The van der Waals surface area contributed by atoms with E-state index in [1.165, 1.54) is 73.5 Å². The lowest BCUT2D eigenvalue weighted by Crippen LogP contribution is -2.36. The van der Waals surface area contributed by atoms with Gasteiger partial charge in [0.2, 0.25) is 5.69 Å². The molecule has 3 aliphatic heterocycles. The van der Waals surface area contributed by atoms with Crippen LogP contribution in [0.25, 0.3) is 21.5 Å². The summed E-state index contributed by atoms with van der Waals surface area (Å²) < 4.78 is 27.9. The first-order valence-electron chi connectivity index (χ1n) is 24.8. The second-order valence-corrected chi connectivity index (χ2v) is 20.3. The number of likely N-dealkylation sites (N-methyl/N-ethyl adjacent to an activating group) is 1. The molecule has 354 valence electrons. The van der Waals surface area contributed by atoms with Crippen LogP contribution >= 0.6 is 0 Å².